The summed E-state index contributed by atoms with van der Waals surface area (Å²) in [6.45, 7) is 5.09. The first-order valence-corrected chi connectivity index (χ1v) is 6.34. The summed E-state index contributed by atoms with van der Waals surface area (Å²) in [7, 11) is 0. The van der Waals surface area contributed by atoms with Gasteiger partial charge < -0.3 is 15.5 Å². The monoisotopic (exact) mass is 263 g/mol. The Morgan fingerprint density at radius 3 is 2.72 bits per heavy atom. The maximum absolute atomic E-state index is 11.8. The van der Waals surface area contributed by atoms with Crippen LogP contribution in [0.2, 0.25) is 0 Å². The smallest absolute Gasteiger partial charge is 0.245 e. The quantitative estimate of drug-likeness (QED) is 0.755. The largest absolute Gasteiger partial charge is 0.352 e. The summed E-state index contributed by atoms with van der Waals surface area (Å²) in [5.41, 5.74) is 0.321. The molecule has 1 heterocycles. The number of rotatable bonds is 1. The fourth-order valence-electron chi connectivity index (χ4n) is 1.97. The van der Waals surface area contributed by atoms with Crippen molar-refractivity contribution in [3.05, 3.63) is 30.3 Å². The number of hydrogen-bond acceptors (Lipinski definition) is 2. The zero-order valence-electron chi connectivity index (χ0n) is 10.6. The Hall–Kier alpha value is -1.62. The minimum absolute atomic E-state index is 0.00552. The Bertz CT molecular complexity index is 459. The third-order valence-corrected chi connectivity index (χ3v) is 3.44. The molecule has 4 nitrogen and oxygen atoms in total. The van der Waals surface area contributed by atoms with Crippen molar-refractivity contribution in [3.8, 4) is 0 Å². The van der Waals surface area contributed by atoms with E-state index in [9.17, 15) is 4.79 Å². The summed E-state index contributed by atoms with van der Waals surface area (Å²) in [5.74, 6) is 0.00552. The first-order valence-electron chi connectivity index (χ1n) is 5.94. The lowest BCUT2D eigenvalue weighted by molar-refractivity contribution is -0.131. The van der Waals surface area contributed by atoms with Crippen LogP contribution in [0.4, 0.5) is 5.69 Å². The summed E-state index contributed by atoms with van der Waals surface area (Å²) in [4.78, 5) is 13.8. The molecular weight excluding hydrogens is 246 g/mol. The van der Waals surface area contributed by atoms with Gasteiger partial charge in [0.2, 0.25) is 5.91 Å². The number of carbonyl (C=O) groups is 1. The first-order chi connectivity index (χ1) is 8.51. The van der Waals surface area contributed by atoms with Crippen LogP contribution in [0.3, 0.4) is 0 Å². The number of piperazine rings is 1. The van der Waals surface area contributed by atoms with Crippen molar-refractivity contribution >= 4 is 28.9 Å². The molecule has 96 valence electrons. The average molecular weight is 263 g/mol. The number of thiocarbonyl (C=S) groups is 1. The molecule has 1 aliphatic heterocycles. The number of para-hydroxylation sites is 1. The number of benzene rings is 1. The van der Waals surface area contributed by atoms with Crippen molar-refractivity contribution in [2.24, 2.45) is 0 Å². The predicted molar refractivity (Wildman–Crippen MR) is 76.5 cm³/mol. The Morgan fingerprint density at radius 2 is 2.06 bits per heavy atom. The molecule has 0 atom stereocenters. The third kappa shape index (κ3) is 2.46. The van der Waals surface area contributed by atoms with Gasteiger partial charge in [-0.05, 0) is 38.2 Å². The van der Waals surface area contributed by atoms with Crippen LogP contribution in [0.5, 0.6) is 0 Å². The average Bonchev–Trinajstić information content (AvgIpc) is 2.33. The fraction of sp³-hybridized carbons (Fsp3) is 0.385. The molecule has 2 N–H and O–H groups in total. The van der Waals surface area contributed by atoms with E-state index in [4.69, 9.17) is 12.2 Å². The van der Waals surface area contributed by atoms with Gasteiger partial charge in [0.25, 0.3) is 0 Å². The minimum atomic E-state index is -0.614. The molecule has 0 radical (unpaired) electrons. The van der Waals surface area contributed by atoms with Gasteiger partial charge in [0.15, 0.2) is 5.11 Å². The second-order valence-electron chi connectivity index (χ2n) is 4.76. The summed E-state index contributed by atoms with van der Waals surface area (Å²) in [6, 6.07) is 9.73. The molecule has 1 fully saturated rings. The Balaban J connectivity index is 2.11. The highest BCUT2D eigenvalue weighted by molar-refractivity contribution is 7.80. The molecule has 1 aliphatic rings. The summed E-state index contributed by atoms with van der Waals surface area (Å²) in [5, 5.41) is 6.60. The van der Waals surface area contributed by atoms with Crippen LogP contribution in [0, 0.1) is 0 Å². The van der Waals surface area contributed by atoms with E-state index in [1.807, 2.05) is 49.1 Å². The van der Waals surface area contributed by atoms with Gasteiger partial charge in [0.1, 0.15) is 5.54 Å². The lowest BCUT2D eigenvalue weighted by Gasteiger charge is -2.42. The molecule has 1 amide bonds. The van der Waals surface area contributed by atoms with Gasteiger partial charge in [-0.1, -0.05) is 18.2 Å². The van der Waals surface area contributed by atoms with E-state index in [0.29, 0.717) is 11.7 Å². The molecule has 5 heteroatoms. The molecule has 0 aliphatic carbocycles. The molecule has 0 unspecified atom stereocenters. The van der Waals surface area contributed by atoms with E-state index in [1.54, 1.807) is 0 Å². The number of hydrogen-bond donors (Lipinski definition) is 2. The molecule has 0 aromatic heterocycles. The van der Waals surface area contributed by atoms with E-state index in [1.165, 1.54) is 0 Å². The van der Waals surface area contributed by atoms with E-state index in [2.05, 4.69) is 10.6 Å². The van der Waals surface area contributed by atoms with Crippen LogP contribution in [0.25, 0.3) is 0 Å². The van der Waals surface area contributed by atoms with E-state index in [0.717, 1.165) is 12.2 Å². The summed E-state index contributed by atoms with van der Waals surface area (Å²) < 4.78 is 0. The SMILES string of the molecule is CC1(C)C(=O)NCCN1C(=S)Nc1ccccc1. The van der Waals surface area contributed by atoms with Crippen molar-refractivity contribution in [2.45, 2.75) is 19.4 Å². The highest BCUT2D eigenvalue weighted by Crippen LogP contribution is 2.19. The number of amides is 1. The highest BCUT2D eigenvalue weighted by Gasteiger charge is 2.38. The van der Waals surface area contributed by atoms with Crippen LogP contribution in [-0.4, -0.2) is 34.5 Å². The number of carbonyl (C=O) groups excluding carboxylic acids is 1. The van der Waals surface area contributed by atoms with Gasteiger partial charge in [-0.15, -0.1) is 0 Å². The van der Waals surface area contributed by atoms with Crippen molar-refractivity contribution in [2.75, 3.05) is 18.4 Å². The van der Waals surface area contributed by atoms with Gasteiger partial charge in [-0.2, -0.15) is 0 Å². The molecule has 1 saturated heterocycles. The van der Waals surface area contributed by atoms with Gasteiger partial charge in [0, 0.05) is 18.8 Å². The van der Waals surface area contributed by atoms with Crippen molar-refractivity contribution in [1.82, 2.24) is 10.2 Å². The zero-order valence-corrected chi connectivity index (χ0v) is 11.4. The highest BCUT2D eigenvalue weighted by atomic mass is 32.1. The van der Waals surface area contributed by atoms with Gasteiger partial charge in [-0.25, -0.2) is 0 Å². The van der Waals surface area contributed by atoms with Crippen LogP contribution >= 0.6 is 12.2 Å². The predicted octanol–water partition coefficient (Wildman–Crippen LogP) is 1.59. The van der Waals surface area contributed by atoms with Gasteiger partial charge in [-0.3, -0.25) is 4.79 Å². The number of anilines is 1. The van der Waals surface area contributed by atoms with Crippen LogP contribution in [-0.2, 0) is 4.79 Å². The van der Waals surface area contributed by atoms with Crippen molar-refractivity contribution in [1.29, 1.82) is 0 Å². The van der Waals surface area contributed by atoms with Crippen molar-refractivity contribution in [3.63, 3.8) is 0 Å². The molecular formula is C13H17N3OS. The normalized spacial score (nSPS) is 18.1. The lowest BCUT2D eigenvalue weighted by atomic mass is 10.00. The van der Waals surface area contributed by atoms with Crippen molar-refractivity contribution < 1.29 is 4.79 Å². The topological polar surface area (TPSA) is 44.4 Å². The summed E-state index contributed by atoms with van der Waals surface area (Å²) in [6.07, 6.45) is 0. The van der Waals surface area contributed by atoms with Crippen LogP contribution in [0.1, 0.15) is 13.8 Å². The Kier molecular flexibility index (Phi) is 3.52. The van der Waals surface area contributed by atoms with Crippen LogP contribution in [0.15, 0.2) is 30.3 Å². The standard InChI is InChI=1S/C13H17N3OS/c1-13(2)11(17)14-8-9-16(13)12(18)15-10-6-4-3-5-7-10/h3-7H,8-9H2,1-2H3,(H,14,17)(H,15,18). The fourth-order valence-corrected chi connectivity index (χ4v) is 2.40. The molecule has 18 heavy (non-hydrogen) atoms. The first kappa shape index (κ1) is 12.8. The minimum Gasteiger partial charge on any atom is -0.352 e. The van der Waals surface area contributed by atoms with E-state index < -0.39 is 5.54 Å². The Morgan fingerprint density at radius 1 is 1.39 bits per heavy atom. The zero-order chi connectivity index (χ0) is 13.2. The van der Waals surface area contributed by atoms with Crippen LogP contribution < -0.4 is 10.6 Å². The van der Waals surface area contributed by atoms with E-state index in [-0.39, 0.29) is 5.91 Å². The van der Waals surface area contributed by atoms with E-state index >= 15 is 0 Å². The Labute approximate surface area is 112 Å². The second kappa shape index (κ2) is 4.94. The second-order valence-corrected chi connectivity index (χ2v) is 5.15. The lowest BCUT2D eigenvalue weighted by Crippen LogP contribution is -2.64. The number of nitrogens with one attached hydrogen (secondary N) is 2. The van der Waals surface area contributed by atoms with Gasteiger partial charge >= 0.3 is 0 Å². The molecule has 0 bridgehead atoms. The molecule has 0 saturated carbocycles. The summed E-state index contributed by atoms with van der Waals surface area (Å²) >= 11 is 5.39. The number of nitrogens with zero attached hydrogens (tertiary/aromatic N) is 1. The maximum Gasteiger partial charge on any atom is 0.245 e. The van der Waals surface area contributed by atoms with Gasteiger partial charge in [0.05, 0.1) is 0 Å². The molecule has 2 rings (SSSR count). The maximum atomic E-state index is 11.8. The third-order valence-electron chi connectivity index (χ3n) is 3.12. The molecule has 1 aromatic rings. The molecule has 1 aromatic carbocycles. The molecule has 0 spiro atoms.